The molecule has 94 valence electrons. The fourth-order valence-corrected chi connectivity index (χ4v) is 1.96. The maximum absolute atomic E-state index is 11.8. The Hall–Kier alpha value is -2.75. The third-order valence-corrected chi connectivity index (χ3v) is 2.88. The van der Waals surface area contributed by atoms with Crippen LogP contribution >= 0.6 is 0 Å². The van der Waals surface area contributed by atoms with Crippen LogP contribution in [0.15, 0.2) is 42.5 Å². The van der Waals surface area contributed by atoms with Gasteiger partial charge < -0.3 is 14.9 Å². The smallest absolute Gasteiger partial charge is 0.344 e. The summed E-state index contributed by atoms with van der Waals surface area (Å²) in [5, 5.41) is 18.7. The quantitative estimate of drug-likeness (QED) is 0.466. The van der Waals surface area contributed by atoms with Gasteiger partial charge in [-0.05, 0) is 42.0 Å². The first-order valence-corrected chi connectivity index (χ1v) is 5.70. The highest BCUT2D eigenvalue weighted by Gasteiger charge is 2.27. The van der Waals surface area contributed by atoms with E-state index in [0.29, 0.717) is 16.9 Å². The molecule has 0 bridgehead atoms. The lowest BCUT2D eigenvalue weighted by molar-refractivity contribution is -0.126. The van der Waals surface area contributed by atoms with Gasteiger partial charge in [0.2, 0.25) is 0 Å². The van der Waals surface area contributed by atoms with Gasteiger partial charge in [-0.1, -0.05) is 12.1 Å². The van der Waals surface area contributed by atoms with Crippen LogP contribution < -0.4 is 4.74 Å². The first-order valence-electron chi connectivity index (χ1n) is 5.70. The van der Waals surface area contributed by atoms with Gasteiger partial charge in [-0.15, -0.1) is 0 Å². The molecule has 4 heteroatoms. The molecule has 0 saturated heterocycles. The van der Waals surface area contributed by atoms with Crippen molar-refractivity contribution in [2.75, 3.05) is 0 Å². The standard InChI is InChI=1S/C15H10O4/c16-10-3-1-9(2-4-10)7-13-12-8-11(17)5-6-14(12)19-15(13)18/h1-8,16-17H/b13-7+. The van der Waals surface area contributed by atoms with Crippen molar-refractivity contribution < 1.29 is 19.7 Å². The number of hydrogen-bond donors (Lipinski definition) is 2. The molecule has 1 aliphatic rings. The Bertz CT molecular complexity index is 684. The number of esters is 1. The number of phenols is 2. The van der Waals surface area contributed by atoms with Crippen molar-refractivity contribution in [2.45, 2.75) is 0 Å². The van der Waals surface area contributed by atoms with Crippen molar-refractivity contribution in [1.82, 2.24) is 0 Å². The fourth-order valence-electron chi connectivity index (χ4n) is 1.96. The normalized spacial score (nSPS) is 15.4. The highest BCUT2D eigenvalue weighted by Crippen LogP contribution is 2.37. The lowest BCUT2D eigenvalue weighted by atomic mass is 10.0. The molecule has 1 aliphatic heterocycles. The third kappa shape index (κ3) is 2.04. The molecule has 0 radical (unpaired) electrons. The van der Waals surface area contributed by atoms with E-state index < -0.39 is 5.97 Å². The number of hydrogen-bond acceptors (Lipinski definition) is 4. The molecular formula is C15H10O4. The minimum absolute atomic E-state index is 0.0775. The van der Waals surface area contributed by atoms with E-state index in [4.69, 9.17) is 4.74 Å². The second kappa shape index (κ2) is 4.17. The number of carbonyl (C=O) groups is 1. The van der Waals surface area contributed by atoms with Gasteiger partial charge in [0.15, 0.2) is 0 Å². The van der Waals surface area contributed by atoms with Crippen molar-refractivity contribution in [3.63, 3.8) is 0 Å². The van der Waals surface area contributed by atoms with Gasteiger partial charge >= 0.3 is 5.97 Å². The van der Waals surface area contributed by atoms with Crippen molar-refractivity contribution in [3.05, 3.63) is 53.6 Å². The average molecular weight is 254 g/mol. The van der Waals surface area contributed by atoms with E-state index in [-0.39, 0.29) is 11.5 Å². The largest absolute Gasteiger partial charge is 0.508 e. The van der Waals surface area contributed by atoms with Crippen LogP contribution in [0.2, 0.25) is 0 Å². The highest BCUT2D eigenvalue weighted by molar-refractivity contribution is 6.26. The molecular weight excluding hydrogens is 244 g/mol. The molecule has 0 spiro atoms. The summed E-state index contributed by atoms with van der Waals surface area (Å²) in [5.41, 5.74) is 1.72. The van der Waals surface area contributed by atoms with E-state index in [0.717, 1.165) is 5.56 Å². The van der Waals surface area contributed by atoms with Crippen LogP contribution in [0, 0.1) is 0 Å². The summed E-state index contributed by atoms with van der Waals surface area (Å²) in [7, 11) is 0. The van der Waals surface area contributed by atoms with Crippen LogP contribution in [0.25, 0.3) is 11.6 Å². The van der Waals surface area contributed by atoms with E-state index in [9.17, 15) is 15.0 Å². The Morgan fingerprint density at radius 3 is 2.37 bits per heavy atom. The molecule has 3 rings (SSSR count). The van der Waals surface area contributed by atoms with Crippen molar-refractivity contribution in [1.29, 1.82) is 0 Å². The van der Waals surface area contributed by atoms with Gasteiger partial charge in [0, 0.05) is 5.56 Å². The SMILES string of the molecule is O=C1Oc2ccc(O)cc2/C1=C\c1ccc(O)cc1. The second-order valence-corrected chi connectivity index (χ2v) is 4.22. The Labute approximate surface area is 109 Å². The molecule has 1 heterocycles. The van der Waals surface area contributed by atoms with Crippen LogP contribution in [-0.2, 0) is 4.79 Å². The summed E-state index contributed by atoms with van der Waals surface area (Å²) in [6, 6.07) is 11.0. The summed E-state index contributed by atoms with van der Waals surface area (Å²) >= 11 is 0. The number of aromatic hydroxyl groups is 2. The van der Waals surface area contributed by atoms with E-state index in [2.05, 4.69) is 0 Å². The minimum Gasteiger partial charge on any atom is -0.508 e. The maximum atomic E-state index is 11.8. The average Bonchev–Trinajstić information content (AvgIpc) is 2.69. The fraction of sp³-hybridized carbons (Fsp3) is 0. The van der Waals surface area contributed by atoms with Crippen LogP contribution in [0.4, 0.5) is 0 Å². The zero-order chi connectivity index (χ0) is 13.4. The molecule has 0 unspecified atom stereocenters. The number of carbonyl (C=O) groups excluding carboxylic acids is 1. The Morgan fingerprint density at radius 2 is 1.63 bits per heavy atom. The minimum atomic E-state index is -0.450. The molecule has 0 aliphatic carbocycles. The summed E-state index contributed by atoms with van der Waals surface area (Å²) < 4.78 is 5.10. The van der Waals surface area contributed by atoms with Crippen molar-refractivity contribution in [2.24, 2.45) is 0 Å². The Morgan fingerprint density at radius 1 is 0.947 bits per heavy atom. The van der Waals surface area contributed by atoms with Gasteiger partial charge in [-0.2, -0.15) is 0 Å². The number of ether oxygens (including phenoxy) is 1. The third-order valence-electron chi connectivity index (χ3n) is 2.88. The van der Waals surface area contributed by atoms with E-state index in [1.54, 1.807) is 24.3 Å². The lowest BCUT2D eigenvalue weighted by Crippen LogP contribution is -2.00. The first-order chi connectivity index (χ1) is 9.13. The second-order valence-electron chi connectivity index (χ2n) is 4.22. The van der Waals surface area contributed by atoms with Crippen LogP contribution in [0.3, 0.4) is 0 Å². The highest BCUT2D eigenvalue weighted by atomic mass is 16.5. The summed E-state index contributed by atoms with van der Waals surface area (Å²) in [6.07, 6.45) is 1.66. The zero-order valence-electron chi connectivity index (χ0n) is 9.83. The van der Waals surface area contributed by atoms with Crippen molar-refractivity contribution >= 4 is 17.6 Å². The van der Waals surface area contributed by atoms with E-state index in [1.807, 2.05) is 0 Å². The summed E-state index contributed by atoms with van der Waals surface area (Å²) in [6.45, 7) is 0. The molecule has 19 heavy (non-hydrogen) atoms. The number of rotatable bonds is 1. The molecule has 0 atom stereocenters. The van der Waals surface area contributed by atoms with Gasteiger partial charge in [0.05, 0.1) is 5.57 Å². The van der Waals surface area contributed by atoms with Crippen LogP contribution in [-0.4, -0.2) is 16.2 Å². The van der Waals surface area contributed by atoms with Gasteiger partial charge in [-0.3, -0.25) is 0 Å². The number of benzene rings is 2. The topological polar surface area (TPSA) is 66.8 Å². The monoisotopic (exact) mass is 254 g/mol. The molecule has 0 aromatic heterocycles. The van der Waals surface area contributed by atoms with Gasteiger partial charge in [0.25, 0.3) is 0 Å². The Balaban J connectivity index is 2.08. The Kier molecular flexibility index (Phi) is 2.49. The first kappa shape index (κ1) is 11.3. The molecule has 0 amide bonds. The predicted molar refractivity (Wildman–Crippen MR) is 69.7 cm³/mol. The molecule has 2 N–H and O–H groups in total. The molecule has 0 fully saturated rings. The van der Waals surface area contributed by atoms with Crippen LogP contribution in [0.5, 0.6) is 17.2 Å². The molecule has 2 aromatic carbocycles. The summed E-state index contributed by atoms with van der Waals surface area (Å²) in [4.78, 5) is 11.8. The van der Waals surface area contributed by atoms with E-state index in [1.165, 1.54) is 24.3 Å². The molecule has 4 nitrogen and oxygen atoms in total. The van der Waals surface area contributed by atoms with Gasteiger partial charge in [-0.25, -0.2) is 4.79 Å². The van der Waals surface area contributed by atoms with Gasteiger partial charge in [0.1, 0.15) is 17.2 Å². The maximum Gasteiger partial charge on any atom is 0.344 e. The molecule has 2 aromatic rings. The van der Waals surface area contributed by atoms with E-state index >= 15 is 0 Å². The van der Waals surface area contributed by atoms with Crippen molar-refractivity contribution in [3.8, 4) is 17.2 Å². The molecule has 0 saturated carbocycles. The summed E-state index contributed by atoms with van der Waals surface area (Å²) in [5.74, 6) is 0.226. The number of phenolic OH excluding ortho intramolecular Hbond substituents is 2. The number of fused-ring (bicyclic) bond motifs is 1. The predicted octanol–water partition coefficient (Wildman–Crippen LogP) is 2.56. The zero-order valence-corrected chi connectivity index (χ0v) is 9.83. The lowest BCUT2D eigenvalue weighted by Gasteiger charge is -1.98. The van der Waals surface area contributed by atoms with Crippen LogP contribution in [0.1, 0.15) is 11.1 Å².